The Morgan fingerprint density at radius 3 is 2.70 bits per heavy atom. The standard InChI is InChI=1S/C17H16ClN7O2/c18-14-7-2-1-6-13(14)15(22-17(19)27)9-16(26)21-11-4-3-5-12(8-11)25-10-20-23-24-25/h1-8,10,15H,9H2,(H,21,26)(H3,19,22,27)/t15-/m1/s1. The van der Waals surface area contributed by atoms with Gasteiger partial charge in [0.1, 0.15) is 6.33 Å². The number of rotatable bonds is 6. The predicted octanol–water partition coefficient (Wildman–Crippen LogP) is 2.05. The van der Waals surface area contributed by atoms with Crippen molar-refractivity contribution in [1.82, 2.24) is 25.5 Å². The number of halogens is 1. The summed E-state index contributed by atoms with van der Waals surface area (Å²) >= 11 is 6.18. The zero-order valence-corrected chi connectivity index (χ0v) is 14.8. The predicted molar refractivity (Wildman–Crippen MR) is 99.3 cm³/mol. The number of carbonyl (C=O) groups excluding carboxylic acids is 2. The van der Waals surface area contributed by atoms with Crippen LogP contribution in [0.25, 0.3) is 5.69 Å². The van der Waals surface area contributed by atoms with Gasteiger partial charge in [-0.1, -0.05) is 35.9 Å². The number of nitrogens with two attached hydrogens (primary N) is 1. The number of carbonyl (C=O) groups is 2. The molecule has 0 spiro atoms. The number of urea groups is 1. The minimum Gasteiger partial charge on any atom is -0.352 e. The first kappa shape index (κ1) is 18.3. The summed E-state index contributed by atoms with van der Waals surface area (Å²) in [4.78, 5) is 23.8. The van der Waals surface area contributed by atoms with Crippen LogP contribution in [-0.2, 0) is 4.79 Å². The van der Waals surface area contributed by atoms with Gasteiger partial charge in [0.15, 0.2) is 0 Å². The molecule has 3 amide bonds. The average molecular weight is 386 g/mol. The van der Waals surface area contributed by atoms with Crippen LogP contribution in [0.3, 0.4) is 0 Å². The Morgan fingerprint density at radius 1 is 1.19 bits per heavy atom. The Morgan fingerprint density at radius 2 is 2.00 bits per heavy atom. The molecule has 1 heterocycles. The number of nitrogens with zero attached hydrogens (tertiary/aromatic N) is 4. The number of nitrogens with one attached hydrogen (secondary N) is 2. The van der Waals surface area contributed by atoms with Gasteiger partial charge in [-0.15, -0.1) is 5.10 Å². The van der Waals surface area contributed by atoms with Gasteiger partial charge in [-0.3, -0.25) is 4.79 Å². The molecule has 0 aliphatic carbocycles. The number of hydrogen-bond acceptors (Lipinski definition) is 5. The molecule has 1 aromatic heterocycles. The topological polar surface area (TPSA) is 128 Å². The molecule has 2 aromatic carbocycles. The minimum atomic E-state index is -0.742. The molecule has 10 heteroatoms. The molecular weight excluding hydrogens is 370 g/mol. The molecule has 0 aliphatic heterocycles. The minimum absolute atomic E-state index is 0.0399. The number of tetrazole rings is 1. The van der Waals surface area contributed by atoms with Crippen molar-refractivity contribution in [2.24, 2.45) is 5.73 Å². The lowest BCUT2D eigenvalue weighted by atomic mass is 10.0. The van der Waals surface area contributed by atoms with Crippen molar-refractivity contribution >= 4 is 29.2 Å². The van der Waals surface area contributed by atoms with Crippen LogP contribution in [0, 0.1) is 0 Å². The highest BCUT2D eigenvalue weighted by Gasteiger charge is 2.20. The Labute approximate surface area is 159 Å². The smallest absolute Gasteiger partial charge is 0.312 e. The first-order valence-electron chi connectivity index (χ1n) is 7.96. The van der Waals surface area contributed by atoms with Crippen LogP contribution in [0.5, 0.6) is 0 Å². The second-order valence-corrected chi connectivity index (χ2v) is 6.05. The molecule has 0 fully saturated rings. The summed E-state index contributed by atoms with van der Waals surface area (Å²) in [6.07, 6.45) is 1.41. The van der Waals surface area contributed by atoms with Crippen LogP contribution >= 0.6 is 11.6 Å². The molecule has 138 valence electrons. The molecular formula is C17H16ClN7O2. The largest absolute Gasteiger partial charge is 0.352 e. The van der Waals surface area contributed by atoms with Crippen LogP contribution in [0.1, 0.15) is 18.0 Å². The monoisotopic (exact) mass is 385 g/mol. The Hall–Kier alpha value is -3.46. The third-order valence-corrected chi connectivity index (χ3v) is 4.07. The van der Waals surface area contributed by atoms with Gasteiger partial charge in [0, 0.05) is 10.7 Å². The zero-order valence-electron chi connectivity index (χ0n) is 14.0. The SMILES string of the molecule is NC(=O)N[C@H](CC(=O)Nc1cccc(-n2cnnn2)c1)c1ccccc1Cl. The lowest BCUT2D eigenvalue weighted by molar-refractivity contribution is -0.116. The highest BCUT2D eigenvalue weighted by molar-refractivity contribution is 6.31. The molecule has 0 unspecified atom stereocenters. The summed E-state index contributed by atoms with van der Waals surface area (Å²) in [6.45, 7) is 0. The normalized spacial score (nSPS) is 11.6. The molecule has 3 aromatic rings. The Balaban J connectivity index is 1.74. The maximum Gasteiger partial charge on any atom is 0.312 e. The number of benzene rings is 2. The molecule has 0 saturated carbocycles. The molecule has 0 aliphatic rings. The van der Waals surface area contributed by atoms with Gasteiger partial charge in [0.25, 0.3) is 0 Å². The maximum absolute atomic E-state index is 12.5. The summed E-state index contributed by atoms with van der Waals surface area (Å²) in [5, 5.41) is 16.7. The summed E-state index contributed by atoms with van der Waals surface area (Å²) in [7, 11) is 0. The van der Waals surface area contributed by atoms with Gasteiger partial charge < -0.3 is 16.4 Å². The quantitative estimate of drug-likeness (QED) is 0.598. The van der Waals surface area contributed by atoms with Gasteiger partial charge >= 0.3 is 6.03 Å². The lowest BCUT2D eigenvalue weighted by Crippen LogP contribution is -2.35. The van der Waals surface area contributed by atoms with Crippen LogP contribution in [0.4, 0.5) is 10.5 Å². The number of aromatic nitrogens is 4. The van der Waals surface area contributed by atoms with Crippen molar-refractivity contribution in [3.8, 4) is 5.69 Å². The van der Waals surface area contributed by atoms with E-state index in [4.69, 9.17) is 17.3 Å². The van der Waals surface area contributed by atoms with Crippen LogP contribution < -0.4 is 16.4 Å². The Bertz CT molecular complexity index is 946. The van der Waals surface area contributed by atoms with Gasteiger partial charge in [-0.2, -0.15) is 0 Å². The van der Waals surface area contributed by atoms with Crippen molar-refractivity contribution in [3.63, 3.8) is 0 Å². The number of amides is 3. The molecule has 27 heavy (non-hydrogen) atoms. The van der Waals surface area contributed by atoms with Crippen LogP contribution in [-0.4, -0.2) is 32.1 Å². The second kappa shape index (κ2) is 8.28. The van der Waals surface area contributed by atoms with Crippen molar-refractivity contribution in [2.75, 3.05) is 5.32 Å². The summed E-state index contributed by atoms with van der Waals surface area (Å²) in [6, 6.07) is 12.6. The number of primary amides is 1. The van der Waals surface area contributed by atoms with Gasteiger partial charge in [0.05, 0.1) is 18.2 Å². The van der Waals surface area contributed by atoms with E-state index in [0.717, 1.165) is 0 Å². The van der Waals surface area contributed by atoms with Crippen LogP contribution in [0.2, 0.25) is 5.02 Å². The van der Waals surface area contributed by atoms with Crippen molar-refractivity contribution in [2.45, 2.75) is 12.5 Å². The Kier molecular flexibility index (Phi) is 5.62. The first-order chi connectivity index (χ1) is 13.0. The van der Waals surface area contributed by atoms with E-state index < -0.39 is 12.1 Å². The maximum atomic E-state index is 12.5. The van der Waals surface area contributed by atoms with Crippen molar-refractivity contribution in [3.05, 3.63) is 65.4 Å². The van der Waals surface area contributed by atoms with Crippen LogP contribution in [0.15, 0.2) is 54.9 Å². The highest BCUT2D eigenvalue weighted by Crippen LogP contribution is 2.25. The fraction of sp³-hybridized carbons (Fsp3) is 0.118. The van der Waals surface area contributed by atoms with E-state index in [1.54, 1.807) is 48.5 Å². The third kappa shape index (κ3) is 4.79. The van der Waals surface area contributed by atoms with Crippen molar-refractivity contribution < 1.29 is 9.59 Å². The molecule has 4 N–H and O–H groups in total. The molecule has 3 rings (SSSR count). The van der Waals surface area contributed by atoms with E-state index >= 15 is 0 Å². The molecule has 0 bridgehead atoms. The van der Waals surface area contributed by atoms with Gasteiger partial charge in [-0.05, 0) is 40.3 Å². The van der Waals surface area contributed by atoms with E-state index in [1.165, 1.54) is 11.0 Å². The van der Waals surface area contributed by atoms with Gasteiger partial charge in [0.2, 0.25) is 5.91 Å². The number of anilines is 1. The fourth-order valence-electron chi connectivity index (χ4n) is 2.57. The van der Waals surface area contributed by atoms with E-state index in [1.807, 2.05) is 0 Å². The summed E-state index contributed by atoms with van der Waals surface area (Å²) in [5.74, 6) is -0.317. The third-order valence-electron chi connectivity index (χ3n) is 3.73. The van der Waals surface area contributed by atoms with E-state index in [-0.39, 0.29) is 12.3 Å². The zero-order chi connectivity index (χ0) is 19.2. The van der Waals surface area contributed by atoms with Gasteiger partial charge in [-0.25, -0.2) is 9.48 Å². The lowest BCUT2D eigenvalue weighted by Gasteiger charge is -2.19. The molecule has 0 saturated heterocycles. The molecule has 9 nitrogen and oxygen atoms in total. The highest BCUT2D eigenvalue weighted by atomic mass is 35.5. The number of hydrogen-bond donors (Lipinski definition) is 3. The fourth-order valence-corrected chi connectivity index (χ4v) is 2.84. The molecule has 1 atom stereocenters. The van der Waals surface area contributed by atoms with E-state index in [9.17, 15) is 9.59 Å². The average Bonchev–Trinajstić information content (AvgIpc) is 3.16. The first-order valence-corrected chi connectivity index (χ1v) is 8.34. The van der Waals surface area contributed by atoms with Crippen molar-refractivity contribution in [1.29, 1.82) is 0 Å². The summed E-state index contributed by atoms with van der Waals surface area (Å²) in [5.41, 5.74) is 7.09. The molecule has 0 radical (unpaired) electrons. The summed E-state index contributed by atoms with van der Waals surface area (Å²) < 4.78 is 1.47. The van der Waals surface area contributed by atoms with E-state index in [2.05, 4.69) is 26.2 Å². The van der Waals surface area contributed by atoms with E-state index in [0.29, 0.717) is 22.0 Å². The second-order valence-electron chi connectivity index (χ2n) is 5.64.